The van der Waals surface area contributed by atoms with Crippen molar-refractivity contribution in [1.82, 2.24) is 25.1 Å². The van der Waals surface area contributed by atoms with Crippen LogP contribution in [0.15, 0.2) is 72.9 Å². The lowest BCUT2D eigenvalue weighted by atomic mass is 9.96. The fraction of sp³-hybridized carbons (Fsp3) is 0.333. The van der Waals surface area contributed by atoms with Gasteiger partial charge in [-0.1, -0.05) is 60.7 Å². The number of carbonyl (C=O) groups excluding carboxylic acids is 1. The van der Waals surface area contributed by atoms with E-state index in [4.69, 9.17) is 0 Å². The van der Waals surface area contributed by atoms with E-state index in [-0.39, 0.29) is 18.0 Å². The van der Waals surface area contributed by atoms with Crippen molar-refractivity contribution in [2.75, 3.05) is 26.2 Å². The van der Waals surface area contributed by atoms with Crippen LogP contribution in [0.4, 0.5) is 0 Å². The summed E-state index contributed by atoms with van der Waals surface area (Å²) in [6.45, 7) is 7.37. The summed E-state index contributed by atoms with van der Waals surface area (Å²) in [5, 5.41) is 6.37. The Kier molecular flexibility index (Phi) is 6.26. The Morgan fingerprint density at radius 3 is 1.93 bits per heavy atom. The lowest BCUT2D eigenvalue weighted by Gasteiger charge is -2.39. The lowest BCUT2D eigenvalue weighted by Crippen LogP contribution is -2.54. The summed E-state index contributed by atoms with van der Waals surface area (Å²) < 4.78 is 1.80. The van der Waals surface area contributed by atoms with Crippen LogP contribution in [0.25, 0.3) is 0 Å². The maximum atomic E-state index is 12.6. The van der Waals surface area contributed by atoms with E-state index in [1.165, 1.54) is 11.1 Å². The van der Waals surface area contributed by atoms with Gasteiger partial charge in [0, 0.05) is 38.4 Å². The molecule has 0 saturated carbocycles. The first-order valence-corrected chi connectivity index (χ1v) is 10.6. The Balaban J connectivity index is 1.41. The molecule has 1 saturated heterocycles. The highest BCUT2D eigenvalue weighted by Gasteiger charge is 2.27. The SMILES string of the molecule is CC(C)n1ccc(C(=O)NN2CCN(C(c3ccccc3)c3ccccc3)CC2)n1. The highest BCUT2D eigenvalue weighted by molar-refractivity contribution is 5.91. The number of hydrogen-bond donors (Lipinski definition) is 1. The molecule has 0 atom stereocenters. The van der Waals surface area contributed by atoms with Crippen LogP contribution in [0.3, 0.4) is 0 Å². The van der Waals surface area contributed by atoms with Crippen molar-refractivity contribution in [3.63, 3.8) is 0 Å². The first kappa shape index (κ1) is 20.3. The molecule has 0 bridgehead atoms. The predicted molar refractivity (Wildman–Crippen MR) is 118 cm³/mol. The van der Waals surface area contributed by atoms with E-state index in [1.54, 1.807) is 10.7 Å². The van der Waals surface area contributed by atoms with Crippen molar-refractivity contribution in [3.05, 3.63) is 89.7 Å². The summed E-state index contributed by atoms with van der Waals surface area (Å²) in [5.74, 6) is -0.148. The van der Waals surface area contributed by atoms with Gasteiger partial charge >= 0.3 is 0 Å². The van der Waals surface area contributed by atoms with Gasteiger partial charge in [-0.25, -0.2) is 5.01 Å². The maximum Gasteiger partial charge on any atom is 0.286 e. The minimum Gasteiger partial charge on any atom is -0.290 e. The molecule has 6 heteroatoms. The number of hydrogen-bond acceptors (Lipinski definition) is 4. The molecule has 1 fully saturated rings. The summed E-state index contributed by atoms with van der Waals surface area (Å²) in [6, 6.07) is 23.5. The zero-order chi connectivity index (χ0) is 20.9. The van der Waals surface area contributed by atoms with Crippen molar-refractivity contribution < 1.29 is 4.79 Å². The third-order valence-corrected chi connectivity index (χ3v) is 5.54. The fourth-order valence-corrected chi connectivity index (χ4v) is 3.92. The van der Waals surface area contributed by atoms with Crippen molar-refractivity contribution in [1.29, 1.82) is 0 Å². The molecule has 4 rings (SSSR count). The molecule has 1 amide bonds. The summed E-state index contributed by atoms with van der Waals surface area (Å²) >= 11 is 0. The van der Waals surface area contributed by atoms with Crippen LogP contribution in [-0.4, -0.2) is 51.8 Å². The maximum absolute atomic E-state index is 12.6. The minimum absolute atomic E-state index is 0.148. The van der Waals surface area contributed by atoms with Gasteiger partial charge in [0.2, 0.25) is 0 Å². The van der Waals surface area contributed by atoms with Crippen LogP contribution in [-0.2, 0) is 0 Å². The van der Waals surface area contributed by atoms with Gasteiger partial charge in [0.05, 0.1) is 6.04 Å². The first-order chi connectivity index (χ1) is 14.6. The monoisotopic (exact) mass is 403 g/mol. The topological polar surface area (TPSA) is 53.4 Å². The molecule has 156 valence electrons. The van der Waals surface area contributed by atoms with Gasteiger partial charge in [-0.3, -0.25) is 19.8 Å². The molecule has 1 aromatic heterocycles. The fourth-order valence-electron chi connectivity index (χ4n) is 3.92. The van der Waals surface area contributed by atoms with E-state index in [2.05, 4.69) is 76.1 Å². The number of benzene rings is 2. The van der Waals surface area contributed by atoms with Gasteiger partial charge < -0.3 is 0 Å². The van der Waals surface area contributed by atoms with Crippen molar-refractivity contribution in [3.8, 4) is 0 Å². The Morgan fingerprint density at radius 1 is 0.867 bits per heavy atom. The van der Waals surface area contributed by atoms with Crippen LogP contribution in [0, 0.1) is 0 Å². The smallest absolute Gasteiger partial charge is 0.286 e. The second-order valence-corrected chi connectivity index (χ2v) is 7.96. The van der Waals surface area contributed by atoms with Crippen molar-refractivity contribution in [2.45, 2.75) is 25.9 Å². The molecule has 0 spiro atoms. The van der Waals surface area contributed by atoms with Gasteiger partial charge in [-0.2, -0.15) is 5.10 Å². The van der Waals surface area contributed by atoms with Crippen LogP contribution in [0.2, 0.25) is 0 Å². The van der Waals surface area contributed by atoms with Crippen LogP contribution in [0.5, 0.6) is 0 Å². The second kappa shape index (κ2) is 9.24. The molecule has 6 nitrogen and oxygen atoms in total. The normalized spacial score (nSPS) is 15.6. The molecule has 1 aliphatic heterocycles. The number of aromatic nitrogens is 2. The summed E-state index contributed by atoms with van der Waals surface area (Å²) in [7, 11) is 0. The number of carbonyl (C=O) groups is 1. The highest BCUT2D eigenvalue weighted by atomic mass is 16.2. The first-order valence-electron chi connectivity index (χ1n) is 10.6. The summed E-state index contributed by atoms with van der Waals surface area (Å²) in [6.07, 6.45) is 1.85. The van der Waals surface area contributed by atoms with Gasteiger partial charge in [-0.15, -0.1) is 0 Å². The molecule has 0 unspecified atom stereocenters. The quantitative estimate of drug-likeness (QED) is 0.684. The number of nitrogens with one attached hydrogen (secondary N) is 1. The summed E-state index contributed by atoms with van der Waals surface area (Å²) in [5.41, 5.74) is 6.06. The van der Waals surface area contributed by atoms with Crippen molar-refractivity contribution >= 4 is 5.91 Å². The van der Waals surface area contributed by atoms with Gasteiger partial charge in [0.15, 0.2) is 5.69 Å². The van der Waals surface area contributed by atoms with Gasteiger partial charge in [-0.05, 0) is 31.0 Å². The zero-order valence-corrected chi connectivity index (χ0v) is 17.6. The van der Waals surface area contributed by atoms with E-state index >= 15 is 0 Å². The third-order valence-electron chi connectivity index (χ3n) is 5.54. The lowest BCUT2D eigenvalue weighted by molar-refractivity contribution is 0.0549. The molecule has 30 heavy (non-hydrogen) atoms. The van der Waals surface area contributed by atoms with Crippen molar-refractivity contribution in [2.24, 2.45) is 0 Å². The predicted octanol–water partition coefficient (Wildman–Crippen LogP) is 3.52. The molecule has 1 N–H and O–H groups in total. The molecule has 2 aromatic carbocycles. The molecule has 1 aliphatic rings. The largest absolute Gasteiger partial charge is 0.290 e. The molecular formula is C24H29N5O. The molecule has 2 heterocycles. The van der Waals surface area contributed by atoms with E-state index in [1.807, 2.05) is 25.1 Å². The average Bonchev–Trinajstić information content (AvgIpc) is 3.28. The number of hydrazine groups is 1. The molecule has 0 aliphatic carbocycles. The minimum atomic E-state index is -0.148. The number of rotatable bonds is 6. The van der Waals surface area contributed by atoms with Crippen LogP contribution >= 0.6 is 0 Å². The third kappa shape index (κ3) is 4.61. The number of piperazine rings is 1. The highest BCUT2D eigenvalue weighted by Crippen LogP contribution is 2.29. The van der Waals surface area contributed by atoms with Crippen LogP contribution < -0.4 is 5.43 Å². The number of nitrogens with zero attached hydrogens (tertiary/aromatic N) is 4. The average molecular weight is 404 g/mol. The molecule has 0 radical (unpaired) electrons. The van der Waals surface area contributed by atoms with Gasteiger partial charge in [0.25, 0.3) is 5.91 Å². The molecule has 3 aromatic rings. The molecular weight excluding hydrogens is 374 g/mol. The number of amides is 1. The Bertz CT molecular complexity index is 906. The standard InChI is InChI=1S/C24H29N5O/c1-19(2)29-14-13-22(25-29)24(30)26-28-17-15-27(16-18-28)23(20-9-5-3-6-10-20)21-11-7-4-8-12-21/h3-14,19,23H,15-18H2,1-2H3,(H,26,30). The Labute approximate surface area is 178 Å². The van der Waals surface area contributed by atoms with E-state index in [9.17, 15) is 4.79 Å². The van der Waals surface area contributed by atoms with Crippen LogP contribution in [0.1, 0.15) is 47.5 Å². The summed E-state index contributed by atoms with van der Waals surface area (Å²) in [4.78, 5) is 15.1. The van der Waals surface area contributed by atoms with E-state index in [0.29, 0.717) is 5.69 Å². The van der Waals surface area contributed by atoms with E-state index in [0.717, 1.165) is 26.2 Å². The second-order valence-electron chi connectivity index (χ2n) is 7.96. The van der Waals surface area contributed by atoms with Gasteiger partial charge in [0.1, 0.15) is 0 Å². The van der Waals surface area contributed by atoms with E-state index < -0.39 is 0 Å². The Morgan fingerprint density at radius 2 is 1.43 bits per heavy atom. The zero-order valence-electron chi connectivity index (χ0n) is 17.6. The Hall–Kier alpha value is -2.96.